The predicted molar refractivity (Wildman–Crippen MR) is 59.3 cm³/mol. The second kappa shape index (κ2) is 5.03. The van der Waals surface area contributed by atoms with Crippen molar-refractivity contribution in [3.63, 3.8) is 0 Å². The lowest BCUT2D eigenvalue weighted by Gasteiger charge is -1.96. The van der Waals surface area contributed by atoms with Crippen molar-refractivity contribution < 1.29 is 4.79 Å². The molecule has 0 fully saturated rings. The average Bonchev–Trinajstić information content (AvgIpc) is 2.10. The Hall–Kier alpha value is -0.990. The summed E-state index contributed by atoms with van der Waals surface area (Å²) < 4.78 is 0. The Morgan fingerprint density at radius 1 is 1.36 bits per heavy atom. The van der Waals surface area contributed by atoms with Crippen LogP contribution >= 0.6 is 23.2 Å². The Bertz CT molecular complexity index is 374. The van der Waals surface area contributed by atoms with Crippen molar-refractivity contribution in [1.29, 1.82) is 0 Å². The van der Waals surface area contributed by atoms with E-state index in [1.54, 1.807) is 24.3 Å². The molecule has 4 heteroatoms. The molecule has 0 aliphatic heterocycles. The summed E-state index contributed by atoms with van der Waals surface area (Å²) in [4.78, 5) is 10.4. The summed E-state index contributed by atoms with van der Waals surface area (Å²) in [5.41, 5.74) is 5.86. The number of hydrogen-bond acceptors (Lipinski definition) is 1. The number of nitrogens with two attached hydrogens (primary N) is 1. The quantitative estimate of drug-likeness (QED) is 0.852. The number of benzene rings is 1. The van der Waals surface area contributed by atoms with Crippen LogP contribution in [0.2, 0.25) is 10.0 Å². The molecule has 0 saturated heterocycles. The number of halogens is 2. The normalized spacial score (nSPS) is 10.7. The molecule has 1 rings (SSSR count). The minimum absolute atomic E-state index is 0.222. The highest BCUT2D eigenvalue weighted by Gasteiger charge is 1.96. The van der Waals surface area contributed by atoms with Gasteiger partial charge in [-0.3, -0.25) is 4.79 Å². The second-order valence-corrected chi connectivity index (χ2v) is 3.56. The third-order valence-electron chi connectivity index (χ3n) is 1.57. The summed E-state index contributed by atoms with van der Waals surface area (Å²) >= 11 is 11.5. The van der Waals surface area contributed by atoms with Gasteiger partial charge in [0.15, 0.2) is 0 Å². The second-order valence-electron chi connectivity index (χ2n) is 2.75. The first kappa shape index (κ1) is 11.1. The van der Waals surface area contributed by atoms with Crippen LogP contribution in [-0.2, 0) is 4.79 Å². The van der Waals surface area contributed by atoms with E-state index in [1.165, 1.54) is 0 Å². The molecule has 0 aliphatic rings. The van der Waals surface area contributed by atoms with E-state index >= 15 is 0 Å². The molecule has 0 radical (unpaired) electrons. The molecule has 1 aromatic carbocycles. The van der Waals surface area contributed by atoms with Crippen LogP contribution in [0.5, 0.6) is 0 Å². The standard InChI is InChI=1S/C10H9Cl2NO/c11-8-5-4-7(6-9(8)12)2-1-3-10(13)14/h1-2,4-6H,3H2,(H2,13,14). The van der Waals surface area contributed by atoms with Gasteiger partial charge in [0.05, 0.1) is 10.0 Å². The fourth-order valence-corrected chi connectivity index (χ4v) is 1.23. The fourth-order valence-electron chi connectivity index (χ4n) is 0.927. The van der Waals surface area contributed by atoms with Gasteiger partial charge in [-0.25, -0.2) is 0 Å². The van der Waals surface area contributed by atoms with E-state index in [4.69, 9.17) is 28.9 Å². The summed E-state index contributed by atoms with van der Waals surface area (Å²) in [6.45, 7) is 0. The molecule has 0 saturated carbocycles. The highest BCUT2D eigenvalue weighted by Crippen LogP contribution is 2.23. The molecule has 0 atom stereocenters. The Kier molecular flexibility index (Phi) is 3.98. The van der Waals surface area contributed by atoms with Crippen LogP contribution in [0.4, 0.5) is 0 Å². The van der Waals surface area contributed by atoms with Gasteiger partial charge in [0.25, 0.3) is 0 Å². The molecule has 0 heterocycles. The summed E-state index contributed by atoms with van der Waals surface area (Å²) in [7, 11) is 0. The largest absolute Gasteiger partial charge is 0.369 e. The molecule has 1 aromatic rings. The van der Waals surface area contributed by atoms with Crippen LogP contribution < -0.4 is 5.73 Å². The van der Waals surface area contributed by atoms with Gasteiger partial charge in [0.1, 0.15) is 0 Å². The Balaban J connectivity index is 2.73. The Labute approximate surface area is 92.3 Å². The van der Waals surface area contributed by atoms with E-state index < -0.39 is 0 Å². The van der Waals surface area contributed by atoms with Gasteiger partial charge < -0.3 is 5.73 Å². The maximum absolute atomic E-state index is 10.4. The molecule has 0 spiro atoms. The van der Waals surface area contributed by atoms with Crippen molar-refractivity contribution in [2.45, 2.75) is 6.42 Å². The van der Waals surface area contributed by atoms with Crippen molar-refractivity contribution in [3.8, 4) is 0 Å². The van der Waals surface area contributed by atoms with Crippen LogP contribution in [0.1, 0.15) is 12.0 Å². The maximum atomic E-state index is 10.4. The number of rotatable bonds is 3. The molecule has 0 aliphatic carbocycles. The first-order valence-electron chi connectivity index (χ1n) is 3.99. The van der Waals surface area contributed by atoms with Gasteiger partial charge in [0, 0.05) is 6.42 Å². The molecule has 0 unspecified atom stereocenters. The lowest BCUT2D eigenvalue weighted by Crippen LogP contribution is -2.07. The molecule has 74 valence electrons. The molecule has 0 bridgehead atoms. The van der Waals surface area contributed by atoms with E-state index in [2.05, 4.69) is 0 Å². The Morgan fingerprint density at radius 2 is 2.07 bits per heavy atom. The van der Waals surface area contributed by atoms with Crippen molar-refractivity contribution in [1.82, 2.24) is 0 Å². The van der Waals surface area contributed by atoms with Crippen LogP contribution in [-0.4, -0.2) is 5.91 Å². The lowest BCUT2D eigenvalue weighted by molar-refractivity contribution is -0.117. The first-order valence-corrected chi connectivity index (χ1v) is 4.75. The van der Waals surface area contributed by atoms with E-state index in [0.717, 1.165) is 5.56 Å². The number of carbonyl (C=O) groups is 1. The van der Waals surface area contributed by atoms with E-state index in [1.807, 2.05) is 6.07 Å². The van der Waals surface area contributed by atoms with Crippen LogP contribution in [0.15, 0.2) is 24.3 Å². The first-order chi connectivity index (χ1) is 6.59. The van der Waals surface area contributed by atoms with Gasteiger partial charge in [-0.05, 0) is 17.7 Å². The average molecular weight is 230 g/mol. The summed E-state index contributed by atoms with van der Waals surface area (Å²) in [5, 5.41) is 1.01. The van der Waals surface area contributed by atoms with Gasteiger partial charge in [-0.2, -0.15) is 0 Å². The third kappa shape index (κ3) is 3.40. The van der Waals surface area contributed by atoms with E-state index in [9.17, 15) is 4.79 Å². The number of amides is 1. The van der Waals surface area contributed by atoms with E-state index in [0.29, 0.717) is 10.0 Å². The molecule has 1 amide bonds. The van der Waals surface area contributed by atoms with Crippen molar-refractivity contribution in [2.24, 2.45) is 5.73 Å². The zero-order chi connectivity index (χ0) is 10.6. The molecular weight excluding hydrogens is 221 g/mol. The smallest absolute Gasteiger partial charge is 0.221 e. The third-order valence-corrected chi connectivity index (χ3v) is 2.31. The molecule has 14 heavy (non-hydrogen) atoms. The van der Waals surface area contributed by atoms with Gasteiger partial charge in [0.2, 0.25) is 5.91 Å². The highest BCUT2D eigenvalue weighted by molar-refractivity contribution is 6.42. The van der Waals surface area contributed by atoms with Crippen LogP contribution in [0.3, 0.4) is 0 Å². The topological polar surface area (TPSA) is 43.1 Å². The SMILES string of the molecule is NC(=O)CC=Cc1ccc(Cl)c(Cl)c1. The van der Waals surface area contributed by atoms with Gasteiger partial charge in [-0.1, -0.05) is 41.4 Å². The minimum atomic E-state index is -0.360. The lowest BCUT2D eigenvalue weighted by atomic mass is 10.2. The van der Waals surface area contributed by atoms with Gasteiger partial charge >= 0.3 is 0 Å². The summed E-state index contributed by atoms with van der Waals surface area (Å²) in [6.07, 6.45) is 3.68. The fraction of sp³-hybridized carbons (Fsp3) is 0.100. The van der Waals surface area contributed by atoms with Crippen LogP contribution in [0.25, 0.3) is 6.08 Å². The number of hydrogen-bond donors (Lipinski definition) is 1. The summed E-state index contributed by atoms with van der Waals surface area (Å²) in [5.74, 6) is -0.360. The molecule has 0 aromatic heterocycles. The zero-order valence-electron chi connectivity index (χ0n) is 7.34. The predicted octanol–water partition coefficient (Wildman–Crippen LogP) is 2.88. The number of carbonyl (C=O) groups excluding carboxylic acids is 1. The Morgan fingerprint density at radius 3 is 2.64 bits per heavy atom. The van der Waals surface area contributed by atoms with E-state index in [-0.39, 0.29) is 12.3 Å². The molecule has 2 N–H and O–H groups in total. The van der Waals surface area contributed by atoms with Gasteiger partial charge in [-0.15, -0.1) is 0 Å². The molecular formula is C10H9Cl2NO. The highest BCUT2D eigenvalue weighted by atomic mass is 35.5. The summed E-state index contributed by atoms with van der Waals surface area (Å²) in [6, 6.07) is 5.24. The number of primary amides is 1. The zero-order valence-corrected chi connectivity index (χ0v) is 8.85. The van der Waals surface area contributed by atoms with Crippen molar-refractivity contribution in [3.05, 3.63) is 39.9 Å². The minimum Gasteiger partial charge on any atom is -0.369 e. The maximum Gasteiger partial charge on any atom is 0.221 e. The van der Waals surface area contributed by atoms with Crippen molar-refractivity contribution >= 4 is 35.2 Å². The van der Waals surface area contributed by atoms with Crippen molar-refractivity contribution in [2.75, 3.05) is 0 Å². The molecule has 2 nitrogen and oxygen atoms in total. The van der Waals surface area contributed by atoms with Crippen LogP contribution in [0, 0.1) is 0 Å². The monoisotopic (exact) mass is 229 g/mol.